The zero-order valence-corrected chi connectivity index (χ0v) is 13.9. The maximum Gasteiger partial charge on any atom is 0.261 e. The van der Waals surface area contributed by atoms with Crippen LogP contribution in [0, 0.1) is 5.92 Å². The van der Waals surface area contributed by atoms with Gasteiger partial charge in [0.15, 0.2) is 0 Å². The van der Waals surface area contributed by atoms with Crippen LogP contribution < -0.4 is 16.2 Å². The molecule has 1 aliphatic heterocycles. The number of H-pyrrole nitrogens is 1. The lowest BCUT2D eigenvalue weighted by Crippen LogP contribution is -2.37. The number of rotatable bonds is 3. The highest BCUT2D eigenvalue weighted by molar-refractivity contribution is 5.94. The van der Waals surface area contributed by atoms with Gasteiger partial charge in [-0.25, -0.2) is 0 Å². The fourth-order valence-electron chi connectivity index (χ4n) is 3.27. The second-order valence-corrected chi connectivity index (χ2v) is 6.27. The van der Waals surface area contributed by atoms with Crippen LogP contribution in [0.3, 0.4) is 0 Å². The van der Waals surface area contributed by atoms with Crippen molar-refractivity contribution in [3.05, 3.63) is 33.2 Å². The molecule has 0 saturated carbocycles. The first-order valence-electron chi connectivity index (χ1n) is 8.07. The number of aliphatic hydroxyl groups excluding tert-OH is 1. The quantitative estimate of drug-likeness (QED) is 0.598. The van der Waals surface area contributed by atoms with E-state index in [4.69, 9.17) is 0 Å². The molecule has 1 aromatic heterocycles. The lowest BCUT2D eigenvalue weighted by atomic mass is 10.0. The van der Waals surface area contributed by atoms with Crippen molar-refractivity contribution in [1.82, 2.24) is 15.6 Å². The minimum atomic E-state index is -0.439. The van der Waals surface area contributed by atoms with E-state index in [1.807, 2.05) is 0 Å². The van der Waals surface area contributed by atoms with Crippen LogP contribution in [-0.4, -0.2) is 41.7 Å². The van der Waals surface area contributed by atoms with E-state index in [-0.39, 0.29) is 35.4 Å². The second kappa shape index (κ2) is 7.95. The third kappa shape index (κ3) is 4.13. The monoisotopic (exact) mass is 341 g/mol. The number of pyridine rings is 1. The summed E-state index contributed by atoms with van der Waals surface area (Å²) in [5.41, 5.74) is 1.93. The maximum atomic E-state index is 12.3. The highest BCUT2D eigenvalue weighted by atomic mass is 35.5. The lowest BCUT2D eigenvalue weighted by molar-refractivity contribution is 0.0925. The number of amides is 1. The molecule has 0 radical (unpaired) electrons. The molecule has 1 fully saturated rings. The van der Waals surface area contributed by atoms with Gasteiger partial charge in [-0.05, 0) is 37.3 Å². The van der Waals surface area contributed by atoms with Gasteiger partial charge in [0, 0.05) is 31.2 Å². The molecule has 0 bridgehead atoms. The Morgan fingerprint density at radius 1 is 1.26 bits per heavy atom. The molecule has 1 saturated heterocycles. The summed E-state index contributed by atoms with van der Waals surface area (Å²) in [6, 6.07) is 1.75. The van der Waals surface area contributed by atoms with Crippen molar-refractivity contribution in [2.24, 2.45) is 5.92 Å². The normalized spacial score (nSPS) is 23.5. The van der Waals surface area contributed by atoms with Crippen molar-refractivity contribution in [3.63, 3.8) is 0 Å². The van der Waals surface area contributed by atoms with Crippen LogP contribution in [0.25, 0.3) is 0 Å². The first kappa shape index (κ1) is 18.0. The molecule has 128 valence electrons. The van der Waals surface area contributed by atoms with Gasteiger partial charge in [-0.15, -0.1) is 12.4 Å². The number of aromatic nitrogens is 1. The summed E-state index contributed by atoms with van der Waals surface area (Å²) < 4.78 is 0. The number of aryl methyl sites for hydroxylation is 2. The fraction of sp³-hybridized carbons (Fsp3) is 0.625. The van der Waals surface area contributed by atoms with Gasteiger partial charge < -0.3 is 20.7 Å². The molecule has 6 nitrogen and oxygen atoms in total. The van der Waals surface area contributed by atoms with Gasteiger partial charge in [-0.2, -0.15) is 0 Å². The standard InChI is InChI=1S/C16H23N3O3.ClH/c20-14-9-17-7-11(14)8-18-15(21)12-6-10-4-2-1-3-5-13(10)19-16(12)22;/h6,11,14,17,20H,1-5,7-9H2,(H,18,21)(H,19,22);1H. The van der Waals surface area contributed by atoms with Crippen LogP contribution in [0.5, 0.6) is 0 Å². The molecule has 1 aliphatic carbocycles. The molecule has 2 atom stereocenters. The molecule has 2 aliphatic rings. The maximum absolute atomic E-state index is 12.3. The Bertz CT molecular complexity index is 617. The minimum absolute atomic E-state index is 0. The Labute approximate surface area is 141 Å². The van der Waals surface area contributed by atoms with E-state index in [2.05, 4.69) is 15.6 Å². The molecule has 23 heavy (non-hydrogen) atoms. The van der Waals surface area contributed by atoms with Crippen molar-refractivity contribution >= 4 is 18.3 Å². The second-order valence-electron chi connectivity index (χ2n) is 6.27. The average Bonchev–Trinajstić information content (AvgIpc) is 2.77. The molecule has 1 aromatic rings. The molecule has 4 N–H and O–H groups in total. The first-order valence-corrected chi connectivity index (χ1v) is 8.07. The topological polar surface area (TPSA) is 94.2 Å². The summed E-state index contributed by atoms with van der Waals surface area (Å²) in [5, 5.41) is 15.6. The molecular weight excluding hydrogens is 318 g/mol. The molecule has 2 heterocycles. The number of carbonyl (C=O) groups is 1. The Balaban J connectivity index is 0.00000192. The van der Waals surface area contributed by atoms with E-state index < -0.39 is 6.10 Å². The van der Waals surface area contributed by atoms with Gasteiger partial charge in [0.2, 0.25) is 0 Å². The SMILES string of the molecule is Cl.O=C(NCC1CNCC1O)c1cc2c([nH]c1=O)CCCCC2. The van der Waals surface area contributed by atoms with Crippen LogP contribution >= 0.6 is 12.4 Å². The number of nitrogens with one attached hydrogen (secondary N) is 3. The van der Waals surface area contributed by atoms with E-state index in [1.54, 1.807) is 6.07 Å². The summed E-state index contributed by atoms with van der Waals surface area (Å²) in [6.45, 7) is 1.62. The Kier molecular flexibility index (Phi) is 6.21. The Morgan fingerprint density at radius 3 is 2.78 bits per heavy atom. The largest absolute Gasteiger partial charge is 0.391 e. The number of aromatic amines is 1. The average molecular weight is 342 g/mol. The zero-order chi connectivity index (χ0) is 15.5. The van der Waals surface area contributed by atoms with Gasteiger partial charge in [0.05, 0.1) is 6.10 Å². The van der Waals surface area contributed by atoms with E-state index in [9.17, 15) is 14.7 Å². The lowest BCUT2D eigenvalue weighted by Gasteiger charge is -2.14. The predicted molar refractivity (Wildman–Crippen MR) is 90.3 cm³/mol. The van der Waals surface area contributed by atoms with E-state index in [0.717, 1.165) is 43.4 Å². The van der Waals surface area contributed by atoms with Crippen molar-refractivity contribution in [3.8, 4) is 0 Å². The highest BCUT2D eigenvalue weighted by Crippen LogP contribution is 2.18. The Hall–Kier alpha value is -1.37. The van der Waals surface area contributed by atoms with Crippen LogP contribution in [0.15, 0.2) is 10.9 Å². The van der Waals surface area contributed by atoms with Gasteiger partial charge in [0.25, 0.3) is 11.5 Å². The minimum Gasteiger partial charge on any atom is -0.391 e. The third-order valence-electron chi connectivity index (χ3n) is 4.66. The molecule has 7 heteroatoms. The molecule has 1 amide bonds. The van der Waals surface area contributed by atoms with Crippen molar-refractivity contribution in [1.29, 1.82) is 0 Å². The van der Waals surface area contributed by atoms with Gasteiger partial charge in [-0.1, -0.05) is 6.42 Å². The smallest absolute Gasteiger partial charge is 0.261 e. The van der Waals surface area contributed by atoms with Crippen LogP contribution in [-0.2, 0) is 12.8 Å². The number of β-amino-alcohol motifs (C(OH)–C–C–N with tert-alkyl or cyclic N) is 1. The molecule has 2 unspecified atom stereocenters. The number of hydrogen-bond acceptors (Lipinski definition) is 4. The number of carbonyl (C=O) groups excluding carboxylic acids is 1. The summed E-state index contributed by atoms with van der Waals surface area (Å²) in [6.07, 6.45) is 4.70. The zero-order valence-electron chi connectivity index (χ0n) is 13.1. The number of fused-ring (bicyclic) bond motifs is 1. The summed E-state index contributed by atoms with van der Waals surface area (Å²) in [4.78, 5) is 27.3. The molecular formula is C16H24ClN3O3. The summed E-state index contributed by atoms with van der Waals surface area (Å²) in [5.74, 6) is -0.351. The number of halogens is 1. The first-order chi connectivity index (χ1) is 10.6. The van der Waals surface area contributed by atoms with E-state index in [0.29, 0.717) is 19.6 Å². The Morgan fingerprint density at radius 2 is 2.04 bits per heavy atom. The fourth-order valence-corrected chi connectivity index (χ4v) is 3.27. The predicted octanol–water partition coefficient (Wildman–Crippen LogP) is 0.376. The van der Waals surface area contributed by atoms with E-state index >= 15 is 0 Å². The molecule has 0 spiro atoms. The van der Waals surface area contributed by atoms with Gasteiger partial charge in [0.1, 0.15) is 5.56 Å². The number of hydrogen-bond donors (Lipinski definition) is 4. The molecule has 0 aromatic carbocycles. The van der Waals surface area contributed by atoms with Gasteiger partial charge >= 0.3 is 0 Å². The molecule has 3 rings (SSSR count). The van der Waals surface area contributed by atoms with Crippen molar-refractivity contribution in [2.75, 3.05) is 19.6 Å². The van der Waals surface area contributed by atoms with E-state index in [1.165, 1.54) is 0 Å². The number of aliphatic hydroxyl groups is 1. The van der Waals surface area contributed by atoms with Crippen LogP contribution in [0.4, 0.5) is 0 Å². The van der Waals surface area contributed by atoms with Crippen molar-refractivity contribution < 1.29 is 9.90 Å². The van der Waals surface area contributed by atoms with Gasteiger partial charge in [-0.3, -0.25) is 9.59 Å². The summed E-state index contributed by atoms with van der Waals surface area (Å²) in [7, 11) is 0. The van der Waals surface area contributed by atoms with Crippen molar-refractivity contribution in [2.45, 2.75) is 38.2 Å². The third-order valence-corrected chi connectivity index (χ3v) is 4.66. The van der Waals surface area contributed by atoms with Crippen LogP contribution in [0.2, 0.25) is 0 Å². The summed E-state index contributed by atoms with van der Waals surface area (Å²) >= 11 is 0. The van der Waals surface area contributed by atoms with Crippen LogP contribution in [0.1, 0.15) is 40.9 Å². The highest BCUT2D eigenvalue weighted by Gasteiger charge is 2.25.